The molecule has 4 heteroatoms. The van der Waals surface area contributed by atoms with Gasteiger partial charge in [0.25, 0.3) is 5.91 Å². The van der Waals surface area contributed by atoms with Crippen molar-refractivity contribution in [3.63, 3.8) is 0 Å². The lowest BCUT2D eigenvalue weighted by Crippen LogP contribution is -2.24. The van der Waals surface area contributed by atoms with Crippen molar-refractivity contribution in [1.82, 2.24) is 5.32 Å². The molecule has 1 aromatic rings. The molecular weight excluding hydrogens is 220 g/mol. The summed E-state index contributed by atoms with van der Waals surface area (Å²) in [4.78, 5) is 12.5. The molecule has 0 radical (unpaired) electrons. The Kier molecular flexibility index (Phi) is 5.96. The van der Waals surface area contributed by atoms with E-state index < -0.39 is 0 Å². The van der Waals surface area contributed by atoms with E-state index in [4.69, 9.17) is 5.73 Å². The maximum Gasteiger partial charge on any atom is 0.251 e. The number of rotatable bonds is 6. The van der Waals surface area contributed by atoms with Crippen molar-refractivity contribution in [2.75, 3.05) is 13.1 Å². The topological polar surface area (TPSA) is 55.1 Å². The average molecular weight is 238 g/mol. The second kappa shape index (κ2) is 7.30. The summed E-state index contributed by atoms with van der Waals surface area (Å²) >= 11 is 4.17. The van der Waals surface area contributed by atoms with Gasteiger partial charge in [-0.15, -0.1) is 12.6 Å². The monoisotopic (exact) mass is 238 g/mol. The highest BCUT2D eigenvalue weighted by Crippen LogP contribution is 2.07. The summed E-state index contributed by atoms with van der Waals surface area (Å²) in [5, 5.41) is 2.87. The van der Waals surface area contributed by atoms with E-state index in [9.17, 15) is 4.79 Å². The van der Waals surface area contributed by atoms with Gasteiger partial charge in [-0.05, 0) is 43.7 Å². The molecule has 0 aliphatic rings. The van der Waals surface area contributed by atoms with Crippen molar-refractivity contribution >= 4 is 18.5 Å². The van der Waals surface area contributed by atoms with Crippen LogP contribution in [0.25, 0.3) is 0 Å². The number of amides is 1. The Morgan fingerprint density at radius 3 is 2.50 bits per heavy atom. The second-order valence-electron chi connectivity index (χ2n) is 3.65. The molecule has 88 valence electrons. The first-order valence-electron chi connectivity index (χ1n) is 5.51. The minimum absolute atomic E-state index is 0.0268. The molecule has 1 rings (SSSR count). The molecule has 0 aliphatic carbocycles. The highest BCUT2D eigenvalue weighted by Gasteiger charge is 2.03. The van der Waals surface area contributed by atoms with Gasteiger partial charge in [0.2, 0.25) is 0 Å². The van der Waals surface area contributed by atoms with E-state index in [-0.39, 0.29) is 5.91 Å². The summed E-state index contributed by atoms with van der Waals surface area (Å²) < 4.78 is 0. The van der Waals surface area contributed by atoms with E-state index in [0.717, 1.165) is 30.7 Å². The average Bonchev–Trinajstić information content (AvgIpc) is 2.29. The van der Waals surface area contributed by atoms with E-state index in [2.05, 4.69) is 17.9 Å². The number of carbonyl (C=O) groups is 1. The van der Waals surface area contributed by atoms with Crippen molar-refractivity contribution in [3.8, 4) is 0 Å². The molecule has 0 unspecified atom stereocenters. The summed E-state index contributed by atoms with van der Waals surface area (Å²) in [6, 6.07) is 7.17. The Morgan fingerprint density at radius 1 is 1.19 bits per heavy atom. The fourth-order valence-corrected chi connectivity index (χ4v) is 1.51. The summed E-state index contributed by atoms with van der Waals surface area (Å²) in [7, 11) is 0. The second-order valence-corrected chi connectivity index (χ2v) is 4.17. The van der Waals surface area contributed by atoms with Gasteiger partial charge >= 0.3 is 0 Å². The van der Waals surface area contributed by atoms with Crippen LogP contribution in [0.2, 0.25) is 0 Å². The van der Waals surface area contributed by atoms with Crippen LogP contribution in [0.1, 0.15) is 29.6 Å². The fraction of sp³-hybridized carbons (Fsp3) is 0.417. The SMILES string of the molecule is NCCCCCNC(=O)c1ccc(S)cc1. The molecule has 1 amide bonds. The fourth-order valence-electron chi connectivity index (χ4n) is 1.36. The lowest BCUT2D eigenvalue weighted by molar-refractivity contribution is 0.0953. The molecule has 0 aliphatic heterocycles. The Bertz CT molecular complexity index is 324. The lowest BCUT2D eigenvalue weighted by Gasteiger charge is -2.04. The van der Waals surface area contributed by atoms with Gasteiger partial charge in [0.05, 0.1) is 0 Å². The molecule has 3 nitrogen and oxygen atoms in total. The molecule has 0 spiro atoms. The minimum atomic E-state index is -0.0268. The number of benzene rings is 1. The smallest absolute Gasteiger partial charge is 0.251 e. The zero-order valence-corrected chi connectivity index (χ0v) is 10.2. The Morgan fingerprint density at radius 2 is 1.88 bits per heavy atom. The third-order valence-corrected chi connectivity index (χ3v) is 2.59. The van der Waals surface area contributed by atoms with Gasteiger partial charge in [-0.1, -0.05) is 6.42 Å². The lowest BCUT2D eigenvalue weighted by atomic mass is 10.2. The molecule has 0 bridgehead atoms. The van der Waals surface area contributed by atoms with Crippen molar-refractivity contribution < 1.29 is 4.79 Å². The quantitative estimate of drug-likeness (QED) is 0.523. The summed E-state index contributed by atoms with van der Waals surface area (Å²) in [5.41, 5.74) is 6.06. The number of unbranched alkanes of at least 4 members (excludes halogenated alkanes) is 2. The summed E-state index contributed by atoms with van der Waals surface area (Å²) in [5.74, 6) is -0.0268. The third-order valence-electron chi connectivity index (χ3n) is 2.30. The van der Waals surface area contributed by atoms with Gasteiger partial charge in [0.1, 0.15) is 0 Å². The summed E-state index contributed by atoms with van der Waals surface area (Å²) in [6.07, 6.45) is 3.06. The number of hydrogen-bond acceptors (Lipinski definition) is 3. The predicted octanol–water partition coefficient (Wildman–Crippen LogP) is 1.83. The zero-order chi connectivity index (χ0) is 11.8. The molecule has 3 N–H and O–H groups in total. The molecule has 0 atom stereocenters. The molecule has 1 aromatic carbocycles. The van der Waals surface area contributed by atoms with E-state index in [1.165, 1.54) is 0 Å². The van der Waals surface area contributed by atoms with Crippen LogP contribution in [0.3, 0.4) is 0 Å². The van der Waals surface area contributed by atoms with E-state index in [1.807, 2.05) is 12.1 Å². The largest absolute Gasteiger partial charge is 0.352 e. The van der Waals surface area contributed by atoms with Crippen LogP contribution in [0.4, 0.5) is 0 Å². The van der Waals surface area contributed by atoms with Crippen LogP contribution in [0.5, 0.6) is 0 Å². The minimum Gasteiger partial charge on any atom is -0.352 e. The van der Waals surface area contributed by atoms with Crippen LogP contribution in [-0.4, -0.2) is 19.0 Å². The van der Waals surface area contributed by atoms with Crippen LogP contribution in [0, 0.1) is 0 Å². The van der Waals surface area contributed by atoms with E-state index in [1.54, 1.807) is 12.1 Å². The predicted molar refractivity (Wildman–Crippen MR) is 68.9 cm³/mol. The van der Waals surface area contributed by atoms with Crippen molar-refractivity contribution in [2.24, 2.45) is 5.73 Å². The van der Waals surface area contributed by atoms with Crippen molar-refractivity contribution in [3.05, 3.63) is 29.8 Å². The third kappa shape index (κ3) is 4.68. The van der Waals surface area contributed by atoms with Crippen LogP contribution >= 0.6 is 12.6 Å². The van der Waals surface area contributed by atoms with Gasteiger partial charge in [0, 0.05) is 17.0 Å². The molecule has 0 fully saturated rings. The van der Waals surface area contributed by atoms with Gasteiger partial charge in [0.15, 0.2) is 0 Å². The van der Waals surface area contributed by atoms with Gasteiger partial charge in [-0.25, -0.2) is 0 Å². The van der Waals surface area contributed by atoms with Gasteiger partial charge in [-0.3, -0.25) is 4.79 Å². The maximum absolute atomic E-state index is 11.6. The highest BCUT2D eigenvalue weighted by atomic mass is 32.1. The zero-order valence-electron chi connectivity index (χ0n) is 9.28. The van der Waals surface area contributed by atoms with E-state index in [0.29, 0.717) is 12.1 Å². The Hall–Kier alpha value is -1.00. The number of nitrogens with two attached hydrogens (primary N) is 1. The van der Waals surface area contributed by atoms with Gasteiger partial charge in [-0.2, -0.15) is 0 Å². The molecule has 0 saturated heterocycles. The summed E-state index contributed by atoms with van der Waals surface area (Å²) in [6.45, 7) is 1.43. The first-order chi connectivity index (χ1) is 7.74. The van der Waals surface area contributed by atoms with Crippen LogP contribution in [-0.2, 0) is 0 Å². The molecule has 16 heavy (non-hydrogen) atoms. The maximum atomic E-state index is 11.6. The first-order valence-corrected chi connectivity index (χ1v) is 5.96. The normalized spacial score (nSPS) is 10.1. The Balaban J connectivity index is 2.27. The van der Waals surface area contributed by atoms with Crippen molar-refractivity contribution in [1.29, 1.82) is 0 Å². The molecular formula is C12H18N2OS. The standard InChI is InChI=1S/C12H18N2OS/c13-8-2-1-3-9-14-12(15)10-4-6-11(16)7-5-10/h4-7,16H,1-3,8-9,13H2,(H,14,15). The Labute approximate surface area is 102 Å². The highest BCUT2D eigenvalue weighted by molar-refractivity contribution is 7.80. The number of hydrogen-bond donors (Lipinski definition) is 3. The molecule has 0 aromatic heterocycles. The van der Waals surface area contributed by atoms with Crippen LogP contribution < -0.4 is 11.1 Å². The number of carbonyl (C=O) groups excluding carboxylic acids is 1. The number of thiol groups is 1. The van der Waals surface area contributed by atoms with Crippen LogP contribution in [0.15, 0.2) is 29.2 Å². The molecule has 0 heterocycles. The van der Waals surface area contributed by atoms with Gasteiger partial charge < -0.3 is 11.1 Å². The van der Waals surface area contributed by atoms with E-state index >= 15 is 0 Å². The van der Waals surface area contributed by atoms with Crippen molar-refractivity contribution in [2.45, 2.75) is 24.2 Å². The molecule has 0 saturated carbocycles. The first kappa shape index (κ1) is 13.1. The number of nitrogens with one attached hydrogen (secondary N) is 1.